The van der Waals surface area contributed by atoms with Crippen molar-refractivity contribution in [1.82, 2.24) is 14.8 Å². The first kappa shape index (κ1) is 18.7. The van der Waals surface area contributed by atoms with Crippen molar-refractivity contribution < 1.29 is 9.53 Å². The molecular weight excluding hydrogens is 388 g/mol. The molecule has 0 radical (unpaired) electrons. The largest absolute Gasteiger partial charge is 0.489 e. The first-order valence-electron chi connectivity index (χ1n) is 8.92. The van der Waals surface area contributed by atoms with Gasteiger partial charge in [-0.25, -0.2) is 4.68 Å². The van der Waals surface area contributed by atoms with E-state index in [1.807, 2.05) is 36.4 Å². The molecule has 29 heavy (non-hydrogen) atoms. The van der Waals surface area contributed by atoms with Crippen LogP contribution < -0.4 is 10.1 Å². The maximum atomic E-state index is 12.6. The van der Waals surface area contributed by atoms with Gasteiger partial charge in [0.25, 0.3) is 5.91 Å². The Balaban J connectivity index is 1.43. The number of carbonyl (C=O) groups is 1. The zero-order chi connectivity index (χ0) is 20.1. The van der Waals surface area contributed by atoms with Crippen molar-refractivity contribution in [2.75, 3.05) is 5.32 Å². The Kier molecular flexibility index (Phi) is 5.54. The third-order valence-electron chi connectivity index (χ3n) is 4.16. The van der Waals surface area contributed by atoms with Crippen LogP contribution in [0, 0.1) is 0 Å². The summed E-state index contributed by atoms with van der Waals surface area (Å²) in [6, 6.07) is 18.2. The Morgan fingerprint density at radius 1 is 1.07 bits per heavy atom. The summed E-state index contributed by atoms with van der Waals surface area (Å²) in [6.07, 6.45) is 6.74. The van der Waals surface area contributed by atoms with E-state index in [0.29, 0.717) is 28.6 Å². The van der Waals surface area contributed by atoms with Crippen LogP contribution in [0.3, 0.4) is 0 Å². The summed E-state index contributed by atoms with van der Waals surface area (Å²) < 4.78 is 7.37. The smallest absolute Gasteiger partial charge is 0.255 e. The topological polar surface area (TPSA) is 69.0 Å². The number of pyridine rings is 1. The van der Waals surface area contributed by atoms with Crippen LogP contribution in [0.25, 0.3) is 5.69 Å². The number of anilines is 1. The molecule has 0 fully saturated rings. The van der Waals surface area contributed by atoms with Gasteiger partial charge in [-0.2, -0.15) is 5.10 Å². The second-order valence-corrected chi connectivity index (χ2v) is 6.66. The van der Waals surface area contributed by atoms with Crippen LogP contribution in [-0.2, 0) is 6.61 Å². The van der Waals surface area contributed by atoms with Crippen LogP contribution in [0.4, 0.5) is 5.69 Å². The number of halogens is 1. The molecule has 0 aliphatic heterocycles. The van der Waals surface area contributed by atoms with E-state index >= 15 is 0 Å². The van der Waals surface area contributed by atoms with Crippen molar-refractivity contribution >= 4 is 23.2 Å². The number of aromatic nitrogens is 3. The first-order chi connectivity index (χ1) is 14.2. The quantitative estimate of drug-likeness (QED) is 0.503. The van der Waals surface area contributed by atoms with Crippen molar-refractivity contribution in [2.24, 2.45) is 0 Å². The van der Waals surface area contributed by atoms with E-state index in [1.165, 1.54) is 0 Å². The molecule has 7 heteroatoms. The van der Waals surface area contributed by atoms with Crippen LogP contribution in [0.1, 0.15) is 15.9 Å². The number of nitrogens with one attached hydrogen (secondary N) is 1. The minimum Gasteiger partial charge on any atom is -0.489 e. The number of nitrogens with zero attached hydrogens (tertiary/aromatic N) is 3. The molecular formula is C22H17ClN4O2. The summed E-state index contributed by atoms with van der Waals surface area (Å²) in [4.78, 5) is 16.7. The predicted octanol–water partition coefficient (Wildman–Crippen LogP) is 4.75. The Labute approximate surface area is 172 Å². The average molecular weight is 405 g/mol. The van der Waals surface area contributed by atoms with Crippen LogP contribution in [0.15, 0.2) is 85.5 Å². The minimum absolute atomic E-state index is 0.254. The molecule has 6 nitrogen and oxygen atoms in total. The standard InChI is InChI=1S/C22H17ClN4O2/c23-20-8-1-2-9-21(20)27-14-18(13-25-27)26-22(28)17-6-3-7-19(11-17)29-15-16-5-4-10-24-12-16/h1-14H,15H2,(H,26,28). The molecule has 0 unspecified atom stereocenters. The molecule has 2 aromatic carbocycles. The summed E-state index contributed by atoms with van der Waals surface area (Å²) in [5, 5.41) is 7.68. The van der Waals surface area contributed by atoms with Crippen LogP contribution in [0.2, 0.25) is 5.02 Å². The van der Waals surface area contributed by atoms with Crippen molar-refractivity contribution in [3.05, 3.63) is 102 Å². The summed E-state index contributed by atoms with van der Waals surface area (Å²) >= 11 is 6.20. The number of hydrogen-bond donors (Lipinski definition) is 1. The molecule has 0 aliphatic carbocycles. The molecule has 4 aromatic rings. The van der Waals surface area contributed by atoms with Gasteiger partial charge in [0.15, 0.2) is 0 Å². The van der Waals surface area contributed by atoms with Gasteiger partial charge in [-0.05, 0) is 36.4 Å². The monoisotopic (exact) mass is 404 g/mol. The SMILES string of the molecule is O=C(Nc1cnn(-c2ccccc2Cl)c1)c1cccc(OCc2cccnc2)c1. The number of para-hydroxylation sites is 1. The lowest BCUT2D eigenvalue weighted by atomic mass is 10.2. The second kappa shape index (κ2) is 8.58. The molecule has 0 atom stereocenters. The van der Waals surface area contributed by atoms with Gasteiger partial charge in [0.2, 0.25) is 0 Å². The molecule has 0 aliphatic rings. The van der Waals surface area contributed by atoms with Crippen LogP contribution in [-0.4, -0.2) is 20.7 Å². The summed E-state index contributed by atoms with van der Waals surface area (Å²) in [7, 11) is 0. The third-order valence-corrected chi connectivity index (χ3v) is 4.48. The highest BCUT2D eigenvalue weighted by molar-refractivity contribution is 6.32. The maximum absolute atomic E-state index is 12.6. The Morgan fingerprint density at radius 3 is 2.79 bits per heavy atom. The van der Waals surface area contributed by atoms with Gasteiger partial charge in [-0.15, -0.1) is 0 Å². The average Bonchev–Trinajstić information content (AvgIpc) is 3.22. The lowest BCUT2D eigenvalue weighted by Crippen LogP contribution is -2.11. The minimum atomic E-state index is -0.254. The van der Waals surface area contributed by atoms with E-state index in [0.717, 1.165) is 11.3 Å². The van der Waals surface area contributed by atoms with E-state index < -0.39 is 0 Å². The highest BCUT2D eigenvalue weighted by atomic mass is 35.5. The molecule has 2 aromatic heterocycles. The first-order valence-corrected chi connectivity index (χ1v) is 9.29. The molecule has 0 bridgehead atoms. The van der Waals surface area contributed by atoms with Gasteiger partial charge in [0.1, 0.15) is 12.4 Å². The number of amides is 1. The molecule has 0 saturated carbocycles. The molecule has 144 valence electrons. The van der Waals surface area contributed by atoms with Gasteiger partial charge in [-0.1, -0.05) is 35.9 Å². The van der Waals surface area contributed by atoms with Gasteiger partial charge >= 0.3 is 0 Å². The Hall–Kier alpha value is -3.64. The third kappa shape index (κ3) is 4.62. The zero-order valence-corrected chi connectivity index (χ0v) is 16.1. The summed E-state index contributed by atoms with van der Waals surface area (Å²) in [5.41, 5.74) is 2.74. The van der Waals surface area contributed by atoms with Gasteiger partial charge < -0.3 is 10.1 Å². The van der Waals surface area contributed by atoms with E-state index in [9.17, 15) is 4.79 Å². The summed E-state index contributed by atoms with van der Waals surface area (Å²) in [6.45, 7) is 0.378. The fraction of sp³-hybridized carbons (Fsp3) is 0.0455. The van der Waals surface area contributed by atoms with E-state index in [2.05, 4.69) is 15.4 Å². The number of hydrogen-bond acceptors (Lipinski definition) is 4. The normalized spacial score (nSPS) is 10.5. The van der Waals surface area contributed by atoms with E-state index in [1.54, 1.807) is 53.7 Å². The number of carbonyl (C=O) groups excluding carboxylic acids is 1. The Bertz CT molecular complexity index is 1130. The van der Waals surface area contributed by atoms with E-state index in [4.69, 9.17) is 16.3 Å². The molecule has 0 saturated heterocycles. The van der Waals surface area contributed by atoms with Gasteiger partial charge in [0.05, 0.1) is 28.8 Å². The molecule has 1 amide bonds. The van der Waals surface area contributed by atoms with Crippen LogP contribution in [0.5, 0.6) is 5.75 Å². The molecule has 1 N–H and O–H groups in total. The lowest BCUT2D eigenvalue weighted by molar-refractivity contribution is 0.102. The molecule has 4 rings (SSSR count). The van der Waals surface area contributed by atoms with Crippen molar-refractivity contribution in [2.45, 2.75) is 6.61 Å². The van der Waals surface area contributed by atoms with Crippen molar-refractivity contribution in [3.8, 4) is 11.4 Å². The number of ether oxygens (including phenoxy) is 1. The van der Waals surface area contributed by atoms with Crippen molar-refractivity contribution in [1.29, 1.82) is 0 Å². The summed E-state index contributed by atoms with van der Waals surface area (Å²) in [5.74, 6) is 0.351. The predicted molar refractivity (Wildman–Crippen MR) is 112 cm³/mol. The zero-order valence-electron chi connectivity index (χ0n) is 15.3. The number of benzene rings is 2. The molecule has 0 spiro atoms. The lowest BCUT2D eigenvalue weighted by Gasteiger charge is -2.08. The molecule has 2 heterocycles. The van der Waals surface area contributed by atoms with Crippen molar-refractivity contribution in [3.63, 3.8) is 0 Å². The fourth-order valence-corrected chi connectivity index (χ4v) is 2.96. The van der Waals surface area contributed by atoms with E-state index in [-0.39, 0.29) is 5.91 Å². The fourth-order valence-electron chi connectivity index (χ4n) is 2.74. The van der Waals surface area contributed by atoms with Gasteiger partial charge in [0, 0.05) is 23.5 Å². The Morgan fingerprint density at radius 2 is 1.97 bits per heavy atom. The highest BCUT2D eigenvalue weighted by Crippen LogP contribution is 2.21. The van der Waals surface area contributed by atoms with Gasteiger partial charge in [-0.3, -0.25) is 9.78 Å². The number of rotatable bonds is 6. The maximum Gasteiger partial charge on any atom is 0.255 e. The second-order valence-electron chi connectivity index (χ2n) is 6.26. The van der Waals surface area contributed by atoms with Crippen LogP contribution >= 0.6 is 11.6 Å². The highest BCUT2D eigenvalue weighted by Gasteiger charge is 2.10.